The zero-order valence-electron chi connectivity index (χ0n) is 18.8. The Kier molecular flexibility index (Phi) is 8.65. The minimum absolute atomic E-state index is 0.0469. The van der Waals surface area contributed by atoms with Crippen molar-refractivity contribution in [2.24, 2.45) is 0 Å². The Bertz CT molecular complexity index is 1080. The highest BCUT2D eigenvalue weighted by Gasteiger charge is 2.06. The molecule has 0 aliphatic carbocycles. The van der Waals surface area contributed by atoms with Gasteiger partial charge in [0.1, 0.15) is 12.4 Å². The molecule has 0 unspecified atom stereocenters. The quantitative estimate of drug-likeness (QED) is 0.353. The molecule has 0 spiro atoms. The molecule has 0 fully saturated rings. The molecule has 6 nitrogen and oxygen atoms in total. The smallest absolute Gasteiger partial charge is 0.243 e. The van der Waals surface area contributed by atoms with E-state index in [0.717, 1.165) is 16.8 Å². The number of hydrogen-bond acceptors (Lipinski definition) is 4. The summed E-state index contributed by atoms with van der Waals surface area (Å²) in [4.78, 5) is 24.4. The second-order valence-electron chi connectivity index (χ2n) is 7.79. The molecule has 0 aromatic heterocycles. The minimum atomic E-state index is -0.178. The third kappa shape index (κ3) is 8.53. The second kappa shape index (κ2) is 12.1. The van der Waals surface area contributed by atoms with E-state index in [-0.39, 0.29) is 18.4 Å². The van der Waals surface area contributed by atoms with Crippen LogP contribution in [-0.4, -0.2) is 25.0 Å². The molecule has 0 aliphatic heterocycles. The third-order valence-electron chi connectivity index (χ3n) is 4.71. The zero-order valence-corrected chi connectivity index (χ0v) is 18.8. The van der Waals surface area contributed by atoms with Crippen LogP contribution in [0, 0.1) is 0 Å². The predicted octanol–water partition coefficient (Wildman–Crippen LogP) is 5.26. The molecule has 0 aliphatic rings. The lowest BCUT2D eigenvalue weighted by Gasteiger charge is -2.11. The summed E-state index contributed by atoms with van der Waals surface area (Å²) in [6, 6.07) is 24.4. The van der Waals surface area contributed by atoms with E-state index in [9.17, 15) is 9.59 Å². The highest BCUT2D eigenvalue weighted by Crippen LogP contribution is 2.18. The summed E-state index contributed by atoms with van der Waals surface area (Å²) in [5, 5.41) is 8.80. The van der Waals surface area contributed by atoms with Crippen LogP contribution in [0.2, 0.25) is 0 Å². The number of amides is 2. The van der Waals surface area contributed by atoms with Crippen LogP contribution in [0.25, 0.3) is 0 Å². The van der Waals surface area contributed by atoms with Crippen LogP contribution in [0.15, 0.2) is 91.0 Å². The maximum absolute atomic E-state index is 12.3. The Morgan fingerprint density at radius 2 is 1.48 bits per heavy atom. The van der Waals surface area contributed by atoms with E-state index >= 15 is 0 Å². The lowest BCUT2D eigenvalue weighted by atomic mass is 10.1. The normalized spacial score (nSPS) is 10.2. The van der Waals surface area contributed by atoms with Gasteiger partial charge in [-0.2, -0.15) is 0 Å². The molecule has 0 radical (unpaired) electrons. The van der Waals surface area contributed by atoms with Crippen molar-refractivity contribution in [1.82, 2.24) is 0 Å². The first-order valence-corrected chi connectivity index (χ1v) is 10.8. The molecule has 0 saturated carbocycles. The molecule has 3 rings (SSSR count). The van der Waals surface area contributed by atoms with Crippen LogP contribution < -0.4 is 20.7 Å². The van der Waals surface area contributed by atoms with Crippen molar-refractivity contribution in [3.8, 4) is 5.75 Å². The minimum Gasteiger partial charge on any atom is -0.489 e. The van der Waals surface area contributed by atoms with Crippen molar-refractivity contribution in [2.45, 2.75) is 19.8 Å². The Balaban J connectivity index is 1.42. The number of carbonyl (C=O) groups excluding carboxylic acids is 2. The molecule has 0 atom stereocenters. The molecule has 0 bridgehead atoms. The fraction of sp³-hybridized carbons (Fsp3) is 0.185. The van der Waals surface area contributed by atoms with Gasteiger partial charge in [0.25, 0.3) is 0 Å². The maximum atomic E-state index is 12.3. The SMILES string of the molecule is C=C(C)COc1cccc(NCC(=O)Nc2ccc(NC(=O)CCc3ccccc3)cc2)c1. The van der Waals surface area contributed by atoms with Gasteiger partial charge in [0.2, 0.25) is 11.8 Å². The van der Waals surface area contributed by atoms with E-state index in [2.05, 4.69) is 22.5 Å². The summed E-state index contributed by atoms with van der Waals surface area (Å²) >= 11 is 0. The number of carbonyl (C=O) groups is 2. The number of nitrogens with one attached hydrogen (secondary N) is 3. The topological polar surface area (TPSA) is 79.5 Å². The summed E-state index contributed by atoms with van der Waals surface area (Å²) in [6.07, 6.45) is 1.10. The Morgan fingerprint density at radius 3 is 2.15 bits per heavy atom. The highest BCUT2D eigenvalue weighted by molar-refractivity contribution is 5.94. The summed E-state index contributed by atoms with van der Waals surface area (Å²) in [7, 11) is 0. The first-order chi connectivity index (χ1) is 16.0. The van der Waals surface area contributed by atoms with Crippen LogP contribution in [0.1, 0.15) is 18.9 Å². The van der Waals surface area contributed by atoms with E-state index in [1.54, 1.807) is 24.3 Å². The molecular weight excluding hydrogens is 414 g/mol. The van der Waals surface area contributed by atoms with E-state index in [1.807, 2.05) is 61.5 Å². The highest BCUT2D eigenvalue weighted by atomic mass is 16.5. The number of aryl methyl sites for hydroxylation is 1. The molecule has 2 amide bonds. The van der Waals surface area contributed by atoms with E-state index in [1.165, 1.54) is 0 Å². The van der Waals surface area contributed by atoms with Crippen molar-refractivity contribution < 1.29 is 14.3 Å². The predicted molar refractivity (Wildman–Crippen MR) is 134 cm³/mol. The van der Waals surface area contributed by atoms with E-state index in [0.29, 0.717) is 36.6 Å². The van der Waals surface area contributed by atoms with Crippen molar-refractivity contribution in [2.75, 3.05) is 29.1 Å². The summed E-state index contributed by atoms with van der Waals surface area (Å²) in [5.74, 6) is 0.488. The number of hydrogen-bond donors (Lipinski definition) is 3. The Labute approximate surface area is 194 Å². The average molecular weight is 444 g/mol. The monoisotopic (exact) mass is 443 g/mol. The van der Waals surface area contributed by atoms with Crippen LogP contribution in [0.3, 0.4) is 0 Å². The molecule has 33 heavy (non-hydrogen) atoms. The molecule has 3 aromatic carbocycles. The average Bonchev–Trinajstić information content (AvgIpc) is 2.82. The zero-order chi connectivity index (χ0) is 23.5. The number of rotatable bonds is 11. The van der Waals surface area contributed by atoms with Crippen molar-refractivity contribution in [3.63, 3.8) is 0 Å². The van der Waals surface area contributed by atoms with Gasteiger partial charge in [0, 0.05) is 29.5 Å². The van der Waals surface area contributed by atoms with Gasteiger partial charge in [-0.15, -0.1) is 0 Å². The van der Waals surface area contributed by atoms with E-state index < -0.39 is 0 Å². The van der Waals surface area contributed by atoms with Gasteiger partial charge in [0.15, 0.2) is 0 Å². The maximum Gasteiger partial charge on any atom is 0.243 e. The lowest BCUT2D eigenvalue weighted by molar-refractivity contribution is -0.116. The number of ether oxygens (including phenoxy) is 1. The standard InChI is InChI=1S/C27H29N3O3/c1-20(2)19-33-25-10-6-9-24(17-25)28-18-27(32)30-23-14-12-22(13-15-23)29-26(31)16-11-21-7-4-3-5-8-21/h3-10,12-15,17,28H,1,11,16,18-19H2,2H3,(H,29,31)(H,30,32). The fourth-order valence-electron chi connectivity index (χ4n) is 3.05. The van der Waals surface area contributed by atoms with Gasteiger partial charge >= 0.3 is 0 Å². The summed E-state index contributed by atoms with van der Waals surface area (Å²) in [6.45, 7) is 6.28. The summed E-state index contributed by atoms with van der Waals surface area (Å²) < 4.78 is 5.62. The van der Waals surface area contributed by atoms with Gasteiger partial charge in [-0.1, -0.05) is 43.0 Å². The Hall–Kier alpha value is -4.06. The first-order valence-electron chi connectivity index (χ1n) is 10.8. The van der Waals surface area contributed by atoms with Crippen molar-refractivity contribution in [1.29, 1.82) is 0 Å². The van der Waals surface area contributed by atoms with Gasteiger partial charge in [-0.05, 0) is 60.9 Å². The van der Waals surface area contributed by atoms with Crippen molar-refractivity contribution in [3.05, 3.63) is 96.6 Å². The third-order valence-corrected chi connectivity index (χ3v) is 4.71. The number of benzene rings is 3. The largest absolute Gasteiger partial charge is 0.489 e. The number of anilines is 3. The second-order valence-corrected chi connectivity index (χ2v) is 7.79. The van der Waals surface area contributed by atoms with Crippen LogP contribution >= 0.6 is 0 Å². The molecule has 3 aromatic rings. The van der Waals surface area contributed by atoms with Gasteiger partial charge in [0.05, 0.1) is 6.54 Å². The molecule has 0 heterocycles. The molecule has 6 heteroatoms. The molecule has 170 valence electrons. The molecular formula is C27H29N3O3. The van der Waals surface area contributed by atoms with Gasteiger partial charge in [-0.25, -0.2) is 0 Å². The fourth-order valence-corrected chi connectivity index (χ4v) is 3.05. The molecule has 3 N–H and O–H groups in total. The van der Waals surface area contributed by atoms with Gasteiger partial charge < -0.3 is 20.7 Å². The van der Waals surface area contributed by atoms with Crippen LogP contribution in [0.5, 0.6) is 5.75 Å². The lowest BCUT2D eigenvalue weighted by Crippen LogP contribution is -2.21. The van der Waals surface area contributed by atoms with E-state index in [4.69, 9.17) is 4.74 Å². The van der Waals surface area contributed by atoms with Crippen molar-refractivity contribution >= 4 is 28.9 Å². The first kappa shape index (κ1) is 23.6. The molecule has 0 saturated heterocycles. The summed E-state index contributed by atoms with van der Waals surface area (Å²) in [5.41, 5.74) is 4.20. The van der Waals surface area contributed by atoms with Gasteiger partial charge in [-0.3, -0.25) is 9.59 Å². The van der Waals surface area contributed by atoms with Crippen LogP contribution in [0.4, 0.5) is 17.1 Å². The van der Waals surface area contributed by atoms with Crippen LogP contribution in [-0.2, 0) is 16.0 Å². The Morgan fingerprint density at radius 1 is 0.818 bits per heavy atom.